The highest BCUT2D eigenvalue weighted by Crippen LogP contribution is 2.24. The predicted octanol–water partition coefficient (Wildman–Crippen LogP) is 3.12. The van der Waals surface area contributed by atoms with Gasteiger partial charge in [0.2, 0.25) is 0 Å². The number of nitro groups is 1. The molecule has 1 N–H and O–H groups in total. The van der Waals surface area contributed by atoms with E-state index in [1.54, 1.807) is 42.5 Å². The number of amides is 1. The molecule has 0 bridgehead atoms. The van der Waals surface area contributed by atoms with Crippen molar-refractivity contribution in [1.29, 1.82) is 0 Å². The Bertz CT molecular complexity index is 702. The van der Waals surface area contributed by atoms with Crippen LogP contribution in [0.25, 0.3) is 0 Å². The van der Waals surface area contributed by atoms with Crippen LogP contribution in [-0.2, 0) is 0 Å². The van der Waals surface area contributed by atoms with Gasteiger partial charge in [-0.25, -0.2) is 5.43 Å². The molecule has 0 saturated heterocycles. The monoisotopic (exact) mass is 347 g/mol. The van der Waals surface area contributed by atoms with Gasteiger partial charge in [0.25, 0.3) is 11.6 Å². The van der Waals surface area contributed by atoms with Crippen molar-refractivity contribution in [1.82, 2.24) is 5.43 Å². The molecule has 0 spiro atoms. The molecule has 0 heterocycles. The summed E-state index contributed by atoms with van der Waals surface area (Å²) in [5.41, 5.74) is 3.29. The van der Waals surface area contributed by atoms with Crippen LogP contribution < -0.4 is 5.43 Å². The van der Waals surface area contributed by atoms with Crippen LogP contribution in [0.1, 0.15) is 15.9 Å². The van der Waals surface area contributed by atoms with Crippen LogP contribution in [0.3, 0.4) is 0 Å². The molecule has 0 aliphatic rings. The third kappa shape index (κ3) is 3.96. The normalized spacial score (nSPS) is 10.5. The lowest BCUT2D eigenvalue weighted by molar-refractivity contribution is -0.385. The third-order valence-corrected chi connectivity index (χ3v) is 3.25. The van der Waals surface area contributed by atoms with Crippen LogP contribution in [0, 0.1) is 10.1 Å². The maximum atomic E-state index is 11.7. The van der Waals surface area contributed by atoms with Gasteiger partial charge in [0.05, 0.1) is 15.6 Å². The molecule has 0 aliphatic carbocycles. The van der Waals surface area contributed by atoms with E-state index in [1.165, 1.54) is 12.3 Å². The first-order valence-corrected chi connectivity index (χ1v) is 6.69. The number of benzene rings is 2. The first kappa shape index (κ1) is 14.9. The van der Waals surface area contributed by atoms with Crippen molar-refractivity contribution in [2.75, 3.05) is 0 Å². The summed E-state index contributed by atoms with van der Waals surface area (Å²) in [6, 6.07) is 13.2. The zero-order chi connectivity index (χ0) is 15.2. The van der Waals surface area contributed by atoms with Crippen molar-refractivity contribution in [3.05, 3.63) is 74.2 Å². The Morgan fingerprint density at radius 3 is 2.62 bits per heavy atom. The highest BCUT2D eigenvalue weighted by Gasteiger charge is 2.11. The standard InChI is InChI=1S/C14H10BrN3O3/c15-12-7-6-10(8-13(12)18(20)21)9-16-17-14(19)11-4-2-1-3-5-11/h1-9H,(H,17,19)/b16-9-. The van der Waals surface area contributed by atoms with Crippen LogP contribution in [0.5, 0.6) is 0 Å². The molecule has 6 nitrogen and oxygen atoms in total. The summed E-state index contributed by atoms with van der Waals surface area (Å²) in [5.74, 6) is -0.349. The van der Waals surface area contributed by atoms with Gasteiger partial charge in [-0.1, -0.05) is 24.3 Å². The molecule has 0 unspecified atom stereocenters. The molecule has 2 aromatic rings. The van der Waals surface area contributed by atoms with Crippen LogP contribution in [-0.4, -0.2) is 17.0 Å². The molecular weight excluding hydrogens is 338 g/mol. The maximum absolute atomic E-state index is 11.7. The second-order valence-electron chi connectivity index (χ2n) is 4.03. The lowest BCUT2D eigenvalue weighted by Gasteiger charge is -1.99. The number of hydrogen-bond acceptors (Lipinski definition) is 4. The molecule has 0 atom stereocenters. The quantitative estimate of drug-likeness (QED) is 0.523. The fourth-order valence-electron chi connectivity index (χ4n) is 1.57. The van der Waals surface area contributed by atoms with Gasteiger partial charge in [0, 0.05) is 17.2 Å². The number of nitrogens with zero attached hydrogens (tertiary/aromatic N) is 2. The Morgan fingerprint density at radius 1 is 1.24 bits per heavy atom. The molecule has 2 rings (SSSR count). The summed E-state index contributed by atoms with van der Waals surface area (Å²) in [7, 11) is 0. The van der Waals surface area contributed by atoms with Crippen molar-refractivity contribution in [2.45, 2.75) is 0 Å². The van der Waals surface area contributed by atoms with Crippen molar-refractivity contribution >= 4 is 33.7 Å². The van der Waals surface area contributed by atoms with Gasteiger partial charge >= 0.3 is 0 Å². The Morgan fingerprint density at radius 2 is 1.95 bits per heavy atom. The molecule has 0 radical (unpaired) electrons. The van der Waals surface area contributed by atoms with E-state index in [1.807, 2.05) is 0 Å². The maximum Gasteiger partial charge on any atom is 0.284 e. The Kier molecular flexibility index (Phi) is 4.78. The third-order valence-electron chi connectivity index (χ3n) is 2.58. The van der Waals surface area contributed by atoms with E-state index in [4.69, 9.17) is 0 Å². The molecule has 0 fully saturated rings. The number of rotatable bonds is 4. The number of hydrogen-bond donors (Lipinski definition) is 1. The predicted molar refractivity (Wildman–Crippen MR) is 82.3 cm³/mol. The SMILES string of the molecule is O=C(N/N=C\c1ccc(Br)c([N+](=O)[O-])c1)c1ccccc1. The number of carbonyl (C=O) groups is 1. The molecule has 2 aromatic carbocycles. The molecule has 0 aromatic heterocycles. The van der Waals surface area contributed by atoms with Crippen LogP contribution in [0.4, 0.5) is 5.69 Å². The highest BCUT2D eigenvalue weighted by atomic mass is 79.9. The molecule has 1 amide bonds. The van der Waals surface area contributed by atoms with Crippen LogP contribution in [0.2, 0.25) is 0 Å². The van der Waals surface area contributed by atoms with Crippen molar-refractivity contribution in [3.8, 4) is 0 Å². The number of carbonyl (C=O) groups excluding carboxylic acids is 1. The second kappa shape index (κ2) is 6.76. The largest absolute Gasteiger partial charge is 0.284 e. The topological polar surface area (TPSA) is 84.6 Å². The summed E-state index contributed by atoms with van der Waals surface area (Å²) in [6.07, 6.45) is 1.35. The van der Waals surface area contributed by atoms with Crippen molar-refractivity contribution in [2.24, 2.45) is 5.10 Å². The average molecular weight is 348 g/mol. The summed E-state index contributed by atoms with van der Waals surface area (Å²) >= 11 is 3.10. The molecule has 21 heavy (non-hydrogen) atoms. The average Bonchev–Trinajstić information content (AvgIpc) is 2.49. The van der Waals surface area contributed by atoms with E-state index in [2.05, 4.69) is 26.5 Å². The Labute approximate surface area is 128 Å². The van der Waals surface area contributed by atoms with E-state index >= 15 is 0 Å². The van der Waals surface area contributed by atoms with Gasteiger partial charge in [0.15, 0.2) is 0 Å². The lowest BCUT2D eigenvalue weighted by atomic mass is 10.2. The Balaban J connectivity index is 2.07. The second-order valence-corrected chi connectivity index (χ2v) is 4.89. The number of halogens is 1. The molecular formula is C14H10BrN3O3. The molecule has 106 valence electrons. The molecule has 7 heteroatoms. The summed E-state index contributed by atoms with van der Waals surface area (Å²) in [6.45, 7) is 0. The van der Waals surface area contributed by atoms with Gasteiger partial charge in [-0.05, 0) is 34.1 Å². The van der Waals surface area contributed by atoms with E-state index in [-0.39, 0.29) is 11.6 Å². The van der Waals surface area contributed by atoms with Crippen LogP contribution >= 0.6 is 15.9 Å². The Hall–Kier alpha value is -2.54. The van der Waals surface area contributed by atoms with E-state index in [9.17, 15) is 14.9 Å². The zero-order valence-corrected chi connectivity index (χ0v) is 12.3. The van der Waals surface area contributed by atoms with Gasteiger partial charge in [0.1, 0.15) is 0 Å². The minimum atomic E-state index is -0.496. The highest BCUT2D eigenvalue weighted by molar-refractivity contribution is 9.10. The zero-order valence-electron chi connectivity index (χ0n) is 10.7. The minimum Gasteiger partial charge on any atom is -0.267 e. The van der Waals surface area contributed by atoms with Gasteiger partial charge in [-0.15, -0.1) is 0 Å². The van der Waals surface area contributed by atoms with Gasteiger partial charge < -0.3 is 0 Å². The van der Waals surface area contributed by atoms with E-state index in [0.717, 1.165) is 0 Å². The number of nitro benzene ring substituents is 1. The number of hydrazone groups is 1. The summed E-state index contributed by atoms with van der Waals surface area (Å²) < 4.78 is 0.387. The smallest absolute Gasteiger partial charge is 0.267 e. The van der Waals surface area contributed by atoms with E-state index < -0.39 is 4.92 Å². The first-order valence-electron chi connectivity index (χ1n) is 5.90. The van der Waals surface area contributed by atoms with Gasteiger partial charge in [-0.2, -0.15) is 5.10 Å². The molecule has 0 saturated carbocycles. The summed E-state index contributed by atoms with van der Waals surface area (Å²) in [4.78, 5) is 22.0. The van der Waals surface area contributed by atoms with E-state index in [0.29, 0.717) is 15.6 Å². The minimum absolute atomic E-state index is 0.0617. The summed E-state index contributed by atoms with van der Waals surface area (Å²) in [5, 5.41) is 14.6. The van der Waals surface area contributed by atoms with Crippen molar-refractivity contribution in [3.63, 3.8) is 0 Å². The molecule has 0 aliphatic heterocycles. The lowest BCUT2D eigenvalue weighted by Crippen LogP contribution is -2.17. The number of nitrogens with one attached hydrogen (secondary N) is 1. The fourth-order valence-corrected chi connectivity index (χ4v) is 1.96. The van der Waals surface area contributed by atoms with Crippen LogP contribution in [0.15, 0.2) is 58.1 Å². The fraction of sp³-hybridized carbons (Fsp3) is 0. The van der Waals surface area contributed by atoms with Crippen molar-refractivity contribution < 1.29 is 9.72 Å². The van der Waals surface area contributed by atoms with Gasteiger partial charge in [-0.3, -0.25) is 14.9 Å². The first-order chi connectivity index (χ1) is 10.1.